The van der Waals surface area contributed by atoms with Gasteiger partial charge in [0.2, 0.25) is 5.91 Å². The van der Waals surface area contributed by atoms with Crippen LogP contribution < -0.4 is 10.6 Å². The Labute approximate surface area is 152 Å². The minimum atomic E-state index is -0.297. The molecule has 3 rings (SSSR count). The van der Waals surface area contributed by atoms with Gasteiger partial charge in [0.15, 0.2) is 0 Å². The number of rotatable bonds is 5. The molecule has 0 spiro atoms. The van der Waals surface area contributed by atoms with Gasteiger partial charge >= 0.3 is 0 Å². The lowest BCUT2D eigenvalue weighted by Crippen LogP contribution is -2.16. The highest BCUT2D eigenvalue weighted by molar-refractivity contribution is 6.11. The molecule has 3 aromatic rings. The smallest absolute Gasteiger partial charge is 0.257 e. The van der Waals surface area contributed by atoms with Crippen molar-refractivity contribution >= 4 is 29.3 Å². The number of hydrogen-bond donors (Lipinski definition) is 2. The Kier molecular flexibility index (Phi) is 5.58. The maximum absolute atomic E-state index is 12.5. The van der Waals surface area contributed by atoms with Gasteiger partial charge in [0.25, 0.3) is 5.91 Å². The number of carbonyl (C=O) groups is 2. The Morgan fingerprint density at radius 1 is 0.692 bits per heavy atom. The van der Waals surface area contributed by atoms with Gasteiger partial charge in [-0.3, -0.25) is 9.59 Å². The van der Waals surface area contributed by atoms with Crippen LogP contribution in [0, 0.1) is 0 Å². The summed E-state index contributed by atoms with van der Waals surface area (Å²) in [5.74, 6) is -0.576. The van der Waals surface area contributed by atoms with Gasteiger partial charge in [-0.1, -0.05) is 60.7 Å². The topological polar surface area (TPSA) is 58.2 Å². The SMILES string of the molecule is O=C(/C=C/c1ccccc1)Nc1ccccc1C(=O)Nc1ccccc1. The highest BCUT2D eigenvalue weighted by Gasteiger charge is 2.12. The molecule has 26 heavy (non-hydrogen) atoms. The first-order valence-corrected chi connectivity index (χ1v) is 8.22. The van der Waals surface area contributed by atoms with Gasteiger partial charge in [0.1, 0.15) is 0 Å². The Hall–Kier alpha value is -3.66. The van der Waals surface area contributed by atoms with Crippen molar-refractivity contribution in [2.24, 2.45) is 0 Å². The van der Waals surface area contributed by atoms with Crippen LogP contribution in [0.1, 0.15) is 15.9 Å². The van der Waals surface area contributed by atoms with Crippen LogP contribution in [0.4, 0.5) is 11.4 Å². The molecular formula is C22H18N2O2. The van der Waals surface area contributed by atoms with Gasteiger partial charge in [-0.2, -0.15) is 0 Å². The number of carbonyl (C=O) groups excluding carboxylic acids is 2. The minimum Gasteiger partial charge on any atom is -0.322 e. The molecule has 0 fully saturated rings. The van der Waals surface area contributed by atoms with Crippen LogP contribution in [0.5, 0.6) is 0 Å². The van der Waals surface area contributed by atoms with Crippen molar-refractivity contribution in [3.63, 3.8) is 0 Å². The molecule has 0 bridgehead atoms. The van der Waals surface area contributed by atoms with Crippen LogP contribution in [0.3, 0.4) is 0 Å². The molecule has 0 saturated carbocycles. The van der Waals surface area contributed by atoms with Crippen LogP contribution in [0.2, 0.25) is 0 Å². The van der Waals surface area contributed by atoms with Crippen molar-refractivity contribution in [3.05, 3.63) is 102 Å². The van der Waals surface area contributed by atoms with Gasteiger partial charge in [-0.15, -0.1) is 0 Å². The van der Waals surface area contributed by atoms with Crippen molar-refractivity contribution in [3.8, 4) is 0 Å². The zero-order valence-electron chi connectivity index (χ0n) is 14.1. The third kappa shape index (κ3) is 4.68. The Morgan fingerprint density at radius 3 is 2.04 bits per heavy atom. The quantitative estimate of drug-likeness (QED) is 0.666. The number of amides is 2. The summed E-state index contributed by atoms with van der Waals surface area (Å²) in [6.45, 7) is 0. The van der Waals surface area contributed by atoms with Crippen LogP contribution in [0.15, 0.2) is 91.0 Å². The Bertz CT molecular complexity index is 919. The number of hydrogen-bond acceptors (Lipinski definition) is 2. The van der Waals surface area contributed by atoms with Gasteiger partial charge in [0, 0.05) is 11.8 Å². The first-order chi connectivity index (χ1) is 12.7. The molecule has 128 valence electrons. The summed E-state index contributed by atoms with van der Waals surface area (Å²) in [5, 5.41) is 5.58. The average Bonchev–Trinajstić information content (AvgIpc) is 2.68. The first kappa shape index (κ1) is 17.2. The second kappa shape index (κ2) is 8.44. The molecule has 3 aromatic carbocycles. The lowest BCUT2D eigenvalue weighted by atomic mass is 10.1. The molecule has 2 N–H and O–H groups in total. The predicted molar refractivity (Wildman–Crippen MR) is 105 cm³/mol. The summed E-state index contributed by atoms with van der Waals surface area (Å²) < 4.78 is 0. The molecular weight excluding hydrogens is 324 g/mol. The summed E-state index contributed by atoms with van der Waals surface area (Å²) in [4.78, 5) is 24.7. The summed E-state index contributed by atoms with van der Waals surface area (Å²) in [6, 6.07) is 25.6. The fraction of sp³-hybridized carbons (Fsp3) is 0. The van der Waals surface area contributed by atoms with E-state index in [0.29, 0.717) is 16.9 Å². The van der Waals surface area contributed by atoms with E-state index in [9.17, 15) is 9.59 Å². The maximum atomic E-state index is 12.5. The molecule has 0 saturated heterocycles. The lowest BCUT2D eigenvalue weighted by molar-refractivity contribution is -0.111. The molecule has 0 aliphatic rings. The molecule has 0 atom stereocenters. The zero-order chi connectivity index (χ0) is 18.2. The standard InChI is InChI=1S/C22H18N2O2/c25-21(16-15-17-9-3-1-4-10-17)24-20-14-8-7-13-19(20)22(26)23-18-11-5-2-6-12-18/h1-16H,(H,23,26)(H,24,25)/b16-15+. The van der Waals surface area contributed by atoms with E-state index in [1.807, 2.05) is 60.7 Å². The second-order valence-electron chi connectivity index (χ2n) is 5.60. The number of anilines is 2. The van der Waals surface area contributed by atoms with E-state index >= 15 is 0 Å². The molecule has 0 unspecified atom stereocenters. The highest BCUT2D eigenvalue weighted by Crippen LogP contribution is 2.17. The van der Waals surface area contributed by atoms with E-state index in [0.717, 1.165) is 5.56 Å². The largest absolute Gasteiger partial charge is 0.322 e. The van der Waals surface area contributed by atoms with E-state index in [4.69, 9.17) is 0 Å². The fourth-order valence-electron chi connectivity index (χ4n) is 2.42. The molecule has 4 nitrogen and oxygen atoms in total. The van der Waals surface area contributed by atoms with Gasteiger partial charge < -0.3 is 10.6 Å². The van der Waals surface area contributed by atoms with Crippen LogP contribution in [0.25, 0.3) is 6.08 Å². The number of para-hydroxylation sites is 2. The van der Waals surface area contributed by atoms with E-state index in [-0.39, 0.29) is 11.8 Å². The minimum absolute atomic E-state index is 0.279. The number of nitrogens with one attached hydrogen (secondary N) is 2. The lowest BCUT2D eigenvalue weighted by Gasteiger charge is -2.10. The Morgan fingerprint density at radius 2 is 1.31 bits per heavy atom. The molecule has 0 aromatic heterocycles. The predicted octanol–water partition coefficient (Wildman–Crippen LogP) is 4.59. The monoisotopic (exact) mass is 342 g/mol. The maximum Gasteiger partial charge on any atom is 0.257 e. The molecule has 0 heterocycles. The summed E-state index contributed by atoms with van der Waals surface area (Å²) >= 11 is 0. The molecule has 2 amide bonds. The Balaban J connectivity index is 1.71. The molecule has 0 radical (unpaired) electrons. The molecule has 4 heteroatoms. The van der Waals surface area contributed by atoms with Crippen molar-refractivity contribution in [1.82, 2.24) is 0 Å². The third-order valence-corrected chi connectivity index (χ3v) is 3.69. The van der Waals surface area contributed by atoms with Crippen molar-refractivity contribution in [2.45, 2.75) is 0 Å². The van der Waals surface area contributed by atoms with Gasteiger partial charge in [-0.05, 0) is 35.9 Å². The number of benzene rings is 3. The van der Waals surface area contributed by atoms with Crippen LogP contribution in [-0.2, 0) is 4.79 Å². The highest BCUT2D eigenvalue weighted by atomic mass is 16.2. The van der Waals surface area contributed by atoms with E-state index in [1.165, 1.54) is 6.08 Å². The van der Waals surface area contributed by atoms with Crippen molar-refractivity contribution in [2.75, 3.05) is 10.6 Å². The summed E-state index contributed by atoms with van der Waals surface area (Å²) in [6.07, 6.45) is 3.17. The van der Waals surface area contributed by atoms with Crippen LogP contribution in [-0.4, -0.2) is 11.8 Å². The average molecular weight is 342 g/mol. The van der Waals surface area contributed by atoms with Crippen molar-refractivity contribution < 1.29 is 9.59 Å². The first-order valence-electron chi connectivity index (χ1n) is 8.22. The van der Waals surface area contributed by atoms with E-state index in [2.05, 4.69) is 10.6 Å². The molecule has 0 aliphatic heterocycles. The van der Waals surface area contributed by atoms with Crippen molar-refractivity contribution in [1.29, 1.82) is 0 Å². The van der Waals surface area contributed by atoms with E-state index in [1.54, 1.807) is 30.3 Å². The third-order valence-electron chi connectivity index (χ3n) is 3.69. The summed E-state index contributed by atoms with van der Waals surface area (Å²) in [7, 11) is 0. The van der Waals surface area contributed by atoms with Crippen LogP contribution >= 0.6 is 0 Å². The zero-order valence-corrected chi connectivity index (χ0v) is 14.1. The summed E-state index contributed by atoms with van der Waals surface area (Å²) in [5.41, 5.74) is 2.49. The normalized spacial score (nSPS) is 10.5. The van der Waals surface area contributed by atoms with Gasteiger partial charge in [-0.25, -0.2) is 0 Å². The van der Waals surface area contributed by atoms with E-state index < -0.39 is 0 Å². The fourth-order valence-corrected chi connectivity index (χ4v) is 2.42. The molecule has 0 aliphatic carbocycles. The van der Waals surface area contributed by atoms with Gasteiger partial charge in [0.05, 0.1) is 11.3 Å². The second-order valence-corrected chi connectivity index (χ2v) is 5.60.